The van der Waals surface area contributed by atoms with Gasteiger partial charge >= 0.3 is 0 Å². The fourth-order valence-corrected chi connectivity index (χ4v) is 1.76. The highest BCUT2D eigenvalue weighted by atomic mass is 15.2. The lowest BCUT2D eigenvalue weighted by atomic mass is 10.2. The topological polar surface area (TPSA) is 15.6 Å². The molecule has 2 aliphatic heterocycles. The number of aliphatic imine (C=N–C) groups is 1. The molecule has 2 nitrogen and oxygen atoms in total. The molecule has 1 atom stereocenters. The zero-order valence-corrected chi connectivity index (χ0v) is 6.92. The summed E-state index contributed by atoms with van der Waals surface area (Å²) in [6, 6.07) is 0. The van der Waals surface area contributed by atoms with Crippen molar-refractivity contribution >= 4 is 5.84 Å². The highest BCUT2D eigenvalue weighted by Crippen LogP contribution is 2.15. The van der Waals surface area contributed by atoms with Gasteiger partial charge in [0.25, 0.3) is 0 Å². The summed E-state index contributed by atoms with van der Waals surface area (Å²) in [6.07, 6.45) is 5.70. The minimum Gasteiger partial charge on any atom is -0.360 e. The van der Waals surface area contributed by atoms with Crippen LogP contribution in [-0.4, -0.2) is 30.3 Å². The van der Waals surface area contributed by atoms with Gasteiger partial charge in [-0.2, -0.15) is 0 Å². The molecule has 2 heteroatoms. The predicted octanol–water partition coefficient (Wildman–Crippen LogP) is 1.66. The van der Waals surface area contributed by atoms with Gasteiger partial charge in [-0.05, 0) is 19.3 Å². The van der Waals surface area contributed by atoms with E-state index in [0.29, 0.717) is 0 Å². The fraction of sp³-hybridized carbons (Fsp3) is 0.889. The smallest absolute Gasteiger partial charge is 0.0988 e. The first-order valence-electron chi connectivity index (χ1n) is 5.18. The molecule has 0 saturated carbocycles. The third-order valence-corrected chi connectivity index (χ3v) is 2.39. The Morgan fingerprint density at radius 1 is 1.27 bits per heavy atom. The molecule has 2 rings (SSSR count). The molecular weight excluding hydrogens is 136 g/mol. The maximum Gasteiger partial charge on any atom is 0.0988 e. The summed E-state index contributed by atoms with van der Waals surface area (Å²) in [5.41, 5.74) is 0. The zero-order chi connectivity index (χ0) is 8.39. The van der Waals surface area contributed by atoms with Crippen molar-refractivity contribution in [3.05, 3.63) is 0 Å². The number of nitrogens with zero attached hydrogens (tertiary/aromatic N) is 2. The number of fused-ring (bicyclic) bond motifs is 1. The molecule has 0 spiro atoms. The maximum atomic E-state index is 7.88. The van der Waals surface area contributed by atoms with E-state index in [0.717, 1.165) is 32.4 Å². The minimum absolute atomic E-state index is 0.00782. The molecule has 0 aromatic heterocycles. The molecule has 11 heavy (non-hydrogen) atoms. The van der Waals surface area contributed by atoms with E-state index in [9.17, 15) is 0 Å². The summed E-state index contributed by atoms with van der Waals surface area (Å²) in [6.45, 7) is 2.04. The molecule has 2 heterocycles. The summed E-state index contributed by atoms with van der Waals surface area (Å²) < 4.78 is 7.88. The van der Waals surface area contributed by atoms with Gasteiger partial charge in [0.15, 0.2) is 0 Å². The van der Waals surface area contributed by atoms with Crippen molar-refractivity contribution in [2.24, 2.45) is 4.99 Å². The van der Waals surface area contributed by atoms with E-state index in [1.54, 1.807) is 0 Å². The second-order valence-corrected chi connectivity index (χ2v) is 3.27. The molecule has 0 aromatic rings. The van der Waals surface area contributed by atoms with E-state index in [1.807, 2.05) is 0 Å². The molecule has 1 unspecified atom stereocenters. The summed E-state index contributed by atoms with van der Waals surface area (Å²) in [5, 5.41) is 0. The lowest BCUT2D eigenvalue weighted by molar-refractivity contribution is 0.391. The van der Waals surface area contributed by atoms with Crippen molar-refractivity contribution < 1.29 is 1.37 Å². The molecular formula is C9H16N2. The van der Waals surface area contributed by atoms with E-state index < -0.39 is 0 Å². The van der Waals surface area contributed by atoms with E-state index in [-0.39, 0.29) is 6.52 Å². The molecule has 0 radical (unpaired) electrons. The molecule has 0 bridgehead atoms. The van der Waals surface area contributed by atoms with Crippen molar-refractivity contribution in [3.63, 3.8) is 0 Å². The SMILES string of the molecule is [2H]C1CCCCC2=NCCCN21. The van der Waals surface area contributed by atoms with Crippen LogP contribution in [0.5, 0.6) is 0 Å². The fourth-order valence-electron chi connectivity index (χ4n) is 1.76. The molecule has 2 aliphatic rings. The van der Waals surface area contributed by atoms with Gasteiger partial charge in [-0.25, -0.2) is 0 Å². The van der Waals surface area contributed by atoms with Gasteiger partial charge in [0, 0.05) is 27.4 Å². The summed E-state index contributed by atoms with van der Waals surface area (Å²) >= 11 is 0. The molecule has 0 aliphatic carbocycles. The standard InChI is InChI=1S/C9H16N2/c1-2-5-9-10-6-4-8-11(9)7-3-1/h1-8H2/i7D. The van der Waals surface area contributed by atoms with Gasteiger partial charge in [0.2, 0.25) is 0 Å². The number of amidine groups is 1. The van der Waals surface area contributed by atoms with Crippen LogP contribution in [0.15, 0.2) is 4.99 Å². The van der Waals surface area contributed by atoms with Gasteiger partial charge in [-0.1, -0.05) is 6.42 Å². The van der Waals surface area contributed by atoms with Crippen molar-refractivity contribution in [1.82, 2.24) is 4.90 Å². The monoisotopic (exact) mass is 153 g/mol. The van der Waals surface area contributed by atoms with Gasteiger partial charge in [0.1, 0.15) is 0 Å². The van der Waals surface area contributed by atoms with Crippen LogP contribution in [0.2, 0.25) is 0 Å². The predicted molar refractivity (Wildman–Crippen MR) is 47.0 cm³/mol. The maximum absolute atomic E-state index is 7.88. The normalized spacial score (nSPS) is 33.5. The Labute approximate surface area is 69.7 Å². The first-order chi connectivity index (χ1) is 5.88. The minimum atomic E-state index is -0.00782. The average Bonchev–Trinajstić information content (AvgIpc) is 2.29. The van der Waals surface area contributed by atoms with Crippen LogP contribution in [0, 0.1) is 0 Å². The quantitative estimate of drug-likeness (QED) is 0.517. The Balaban J connectivity index is 2.14. The number of rotatable bonds is 0. The first-order valence-corrected chi connectivity index (χ1v) is 4.60. The number of hydrogen-bond acceptors (Lipinski definition) is 2. The van der Waals surface area contributed by atoms with E-state index in [4.69, 9.17) is 1.37 Å². The van der Waals surface area contributed by atoms with Crippen LogP contribution in [0.3, 0.4) is 0 Å². The lowest BCUT2D eigenvalue weighted by Crippen LogP contribution is -2.34. The van der Waals surface area contributed by atoms with Crippen LogP contribution in [0.25, 0.3) is 0 Å². The van der Waals surface area contributed by atoms with E-state index in [2.05, 4.69) is 9.89 Å². The number of hydrogen-bond donors (Lipinski definition) is 0. The Bertz CT molecular complexity index is 191. The van der Waals surface area contributed by atoms with Crippen LogP contribution >= 0.6 is 0 Å². The van der Waals surface area contributed by atoms with E-state index >= 15 is 0 Å². The lowest BCUT2D eigenvalue weighted by Gasteiger charge is -2.27. The first kappa shape index (κ1) is 6.04. The highest BCUT2D eigenvalue weighted by molar-refractivity contribution is 5.83. The molecule has 0 amide bonds. The van der Waals surface area contributed by atoms with Gasteiger partial charge < -0.3 is 4.90 Å². The van der Waals surface area contributed by atoms with Crippen molar-refractivity contribution in [2.75, 3.05) is 19.6 Å². The van der Waals surface area contributed by atoms with Crippen LogP contribution in [0.1, 0.15) is 33.5 Å². The molecule has 0 N–H and O–H groups in total. The summed E-state index contributed by atoms with van der Waals surface area (Å²) in [7, 11) is 0. The highest BCUT2D eigenvalue weighted by Gasteiger charge is 2.16. The van der Waals surface area contributed by atoms with Crippen molar-refractivity contribution in [2.45, 2.75) is 32.1 Å². The third kappa shape index (κ3) is 1.55. The van der Waals surface area contributed by atoms with Gasteiger partial charge in [0.05, 0.1) is 5.84 Å². The Morgan fingerprint density at radius 2 is 2.27 bits per heavy atom. The van der Waals surface area contributed by atoms with Crippen LogP contribution in [-0.2, 0) is 0 Å². The second-order valence-electron chi connectivity index (χ2n) is 3.27. The molecule has 1 fully saturated rings. The summed E-state index contributed by atoms with van der Waals surface area (Å²) in [4.78, 5) is 6.68. The zero-order valence-electron chi connectivity index (χ0n) is 7.92. The third-order valence-electron chi connectivity index (χ3n) is 2.39. The summed E-state index contributed by atoms with van der Waals surface area (Å²) in [5.74, 6) is 1.21. The van der Waals surface area contributed by atoms with Crippen molar-refractivity contribution in [1.29, 1.82) is 0 Å². The Hall–Kier alpha value is -0.530. The van der Waals surface area contributed by atoms with Crippen LogP contribution in [0.4, 0.5) is 0 Å². The van der Waals surface area contributed by atoms with Gasteiger partial charge in [-0.3, -0.25) is 4.99 Å². The van der Waals surface area contributed by atoms with Crippen molar-refractivity contribution in [3.8, 4) is 0 Å². The molecule has 62 valence electrons. The van der Waals surface area contributed by atoms with Crippen LogP contribution < -0.4 is 0 Å². The second kappa shape index (κ2) is 3.24. The largest absolute Gasteiger partial charge is 0.360 e. The average molecular weight is 153 g/mol. The Kier molecular flexibility index (Phi) is 1.78. The Morgan fingerprint density at radius 3 is 3.27 bits per heavy atom. The van der Waals surface area contributed by atoms with E-state index in [1.165, 1.54) is 18.7 Å². The van der Waals surface area contributed by atoms with Gasteiger partial charge in [-0.15, -0.1) is 0 Å². The molecule has 0 aromatic carbocycles. The molecule has 1 saturated heterocycles.